The molecule has 0 spiro atoms. The molecule has 1 aromatic heterocycles. The van der Waals surface area contributed by atoms with E-state index in [1.807, 2.05) is 4.72 Å². The van der Waals surface area contributed by atoms with E-state index in [1.165, 1.54) is 18.5 Å². The molecule has 0 fully saturated rings. The van der Waals surface area contributed by atoms with E-state index in [1.54, 1.807) is 19.0 Å². The molecular weight excluding hydrogens is 333 g/mol. The maximum absolute atomic E-state index is 12.9. The zero-order chi connectivity index (χ0) is 17.3. The minimum atomic E-state index is -4.78. The first-order chi connectivity index (χ1) is 10.6. The van der Waals surface area contributed by atoms with Gasteiger partial charge in [0, 0.05) is 14.1 Å². The fourth-order valence-electron chi connectivity index (χ4n) is 1.75. The van der Waals surface area contributed by atoms with E-state index in [4.69, 9.17) is 0 Å². The molecule has 1 heterocycles. The van der Waals surface area contributed by atoms with Crippen molar-refractivity contribution >= 4 is 21.7 Å². The van der Waals surface area contributed by atoms with Crippen LogP contribution in [-0.2, 0) is 16.2 Å². The van der Waals surface area contributed by atoms with Gasteiger partial charge in [-0.05, 0) is 12.1 Å². The Kier molecular flexibility index (Phi) is 4.46. The number of halogens is 3. The van der Waals surface area contributed by atoms with Gasteiger partial charge in [0.2, 0.25) is 5.95 Å². The van der Waals surface area contributed by atoms with Gasteiger partial charge in [-0.15, -0.1) is 0 Å². The fourth-order valence-corrected chi connectivity index (χ4v) is 3.01. The van der Waals surface area contributed by atoms with Crippen molar-refractivity contribution in [3.05, 3.63) is 42.2 Å². The molecule has 0 atom stereocenters. The third-order valence-corrected chi connectivity index (χ3v) is 4.21. The van der Waals surface area contributed by atoms with Crippen LogP contribution in [0.2, 0.25) is 0 Å². The van der Waals surface area contributed by atoms with E-state index in [0.717, 1.165) is 12.1 Å². The third-order valence-electron chi connectivity index (χ3n) is 2.77. The smallest absolute Gasteiger partial charge is 0.347 e. The highest BCUT2D eigenvalue weighted by Crippen LogP contribution is 2.34. The second-order valence-corrected chi connectivity index (χ2v) is 6.42. The predicted octanol–water partition coefficient (Wildman–Crippen LogP) is 2.36. The van der Waals surface area contributed by atoms with E-state index in [2.05, 4.69) is 9.97 Å². The van der Waals surface area contributed by atoms with E-state index < -0.39 is 26.7 Å². The molecule has 1 aromatic carbocycles. The Morgan fingerprint density at radius 2 is 1.65 bits per heavy atom. The van der Waals surface area contributed by atoms with E-state index in [-0.39, 0.29) is 5.69 Å². The van der Waals surface area contributed by atoms with Crippen LogP contribution in [0.25, 0.3) is 0 Å². The Bertz CT molecular complexity index is 790. The highest BCUT2D eigenvalue weighted by atomic mass is 32.2. The van der Waals surface area contributed by atoms with Crippen LogP contribution in [0.5, 0.6) is 0 Å². The predicted molar refractivity (Wildman–Crippen MR) is 78.6 cm³/mol. The zero-order valence-electron chi connectivity index (χ0n) is 12.2. The lowest BCUT2D eigenvalue weighted by molar-refractivity contribution is -0.139. The number of sulfonamides is 1. The number of benzene rings is 1. The lowest BCUT2D eigenvalue weighted by Crippen LogP contribution is -2.19. The number of alkyl halides is 3. The topological polar surface area (TPSA) is 75.2 Å². The van der Waals surface area contributed by atoms with Crippen LogP contribution in [0.4, 0.5) is 24.8 Å². The summed E-state index contributed by atoms with van der Waals surface area (Å²) in [6, 6.07) is 3.94. The van der Waals surface area contributed by atoms with Gasteiger partial charge in [0.25, 0.3) is 10.0 Å². The highest BCUT2D eigenvalue weighted by Gasteiger charge is 2.36. The third kappa shape index (κ3) is 3.89. The van der Waals surface area contributed by atoms with Crippen LogP contribution in [0.15, 0.2) is 41.6 Å². The van der Waals surface area contributed by atoms with Crippen LogP contribution < -0.4 is 9.62 Å². The van der Waals surface area contributed by atoms with Gasteiger partial charge in [-0.3, -0.25) is 4.72 Å². The Morgan fingerprint density at radius 1 is 1.09 bits per heavy atom. The maximum atomic E-state index is 12.9. The second kappa shape index (κ2) is 6.03. The maximum Gasteiger partial charge on any atom is 0.417 e. The number of hydrogen-bond donors (Lipinski definition) is 1. The Labute approximate surface area is 131 Å². The summed E-state index contributed by atoms with van der Waals surface area (Å²) in [7, 11) is -1.04. The number of hydrogen-bond acceptors (Lipinski definition) is 5. The van der Waals surface area contributed by atoms with Gasteiger partial charge in [-0.2, -0.15) is 13.2 Å². The summed E-state index contributed by atoms with van der Waals surface area (Å²) in [6.07, 6.45) is -2.43. The first-order valence-corrected chi connectivity index (χ1v) is 7.78. The van der Waals surface area contributed by atoms with Crippen molar-refractivity contribution in [2.75, 3.05) is 23.7 Å². The molecule has 0 saturated heterocycles. The molecule has 0 aliphatic heterocycles. The molecule has 2 aromatic rings. The lowest BCUT2D eigenvalue weighted by Gasteiger charge is -2.14. The molecule has 0 aliphatic carbocycles. The largest absolute Gasteiger partial charge is 0.417 e. The SMILES string of the molecule is CN(C)c1ncc(NS(=O)(=O)c2ccccc2C(F)(F)F)cn1. The summed E-state index contributed by atoms with van der Waals surface area (Å²) in [5, 5.41) is 0. The van der Waals surface area contributed by atoms with E-state index in [9.17, 15) is 21.6 Å². The summed E-state index contributed by atoms with van der Waals surface area (Å²) in [6.45, 7) is 0. The molecule has 0 saturated carbocycles. The van der Waals surface area contributed by atoms with Crippen LogP contribution in [0.3, 0.4) is 0 Å². The van der Waals surface area contributed by atoms with Crippen LogP contribution in [-0.4, -0.2) is 32.5 Å². The van der Waals surface area contributed by atoms with Gasteiger partial charge in [0.15, 0.2) is 0 Å². The molecule has 0 amide bonds. The highest BCUT2D eigenvalue weighted by molar-refractivity contribution is 7.92. The summed E-state index contributed by atoms with van der Waals surface area (Å²) < 4.78 is 65.3. The molecule has 0 aliphatic rings. The number of anilines is 2. The monoisotopic (exact) mass is 346 g/mol. The Hall–Kier alpha value is -2.36. The van der Waals surface area contributed by atoms with Gasteiger partial charge in [-0.25, -0.2) is 18.4 Å². The van der Waals surface area contributed by atoms with Crippen LogP contribution in [0, 0.1) is 0 Å². The normalized spacial score (nSPS) is 12.0. The molecular formula is C13H13F3N4O2S. The quantitative estimate of drug-likeness (QED) is 0.920. The molecule has 1 N–H and O–H groups in total. The first kappa shape index (κ1) is 17.0. The van der Waals surface area contributed by atoms with Crippen molar-refractivity contribution in [2.45, 2.75) is 11.1 Å². The molecule has 0 radical (unpaired) electrons. The van der Waals surface area contributed by atoms with Gasteiger partial charge in [0.1, 0.15) is 0 Å². The molecule has 124 valence electrons. The standard InChI is InChI=1S/C13H13F3N4O2S/c1-20(2)12-17-7-9(8-18-12)19-23(21,22)11-6-4-3-5-10(11)13(14,15)16/h3-8,19H,1-2H3. The molecule has 0 unspecified atom stereocenters. The summed E-state index contributed by atoms with van der Waals surface area (Å²) >= 11 is 0. The molecule has 2 rings (SSSR count). The second-order valence-electron chi connectivity index (χ2n) is 4.77. The zero-order valence-corrected chi connectivity index (χ0v) is 13.0. The average molecular weight is 346 g/mol. The van der Waals surface area contributed by atoms with Crippen molar-refractivity contribution in [2.24, 2.45) is 0 Å². The van der Waals surface area contributed by atoms with Gasteiger partial charge in [-0.1, -0.05) is 12.1 Å². The minimum absolute atomic E-state index is 0.0347. The average Bonchev–Trinajstić information content (AvgIpc) is 2.46. The van der Waals surface area contributed by atoms with Crippen molar-refractivity contribution in [3.63, 3.8) is 0 Å². The molecule has 10 heteroatoms. The van der Waals surface area contributed by atoms with Crippen LogP contribution >= 0.6 is 0 Å². The van der Waals surface area contributed by atoms with Crippen LogP contribution in [0.1, 0.15) is 5.56 Å². The Morgan fingerprint density at radius 3 is 2.17 bits per heavy atom. The van der Waals surface area contributed by atoms with Gasteiger partial charge in [0.05, 0.1) is 28.5 Å². The molecule has 0 bridgehead atoms. The Balaban J connectivity index is 2.37. The number of nitrogens with one attached hydrogen (secondary N) is 1. The van der Waals surface area contributed by atoms with Crippen molar-refractivity contribution < 1.29 is 21.6 Å². The van der Waals surface area contributed by atoms with Crippen molar-refractivity contribution in [1.29, 1.82) is 0 Å². The number of rotatable bonds is 4. The lowest BCUT2D eigenvalue weighted by atomic mass is 10.2. The van der Waals surface area contributed by atoms with Gasteiger partial charge >= 0.3 is 6.18 Å². The fraction of sp³-hybridized carbons (Fsp3) is 0.231. The first-order valence-electron chi connectivity index (χ1n) is 6.29. The van der Waals surface area contributed by atoms with Gasteiger partial charge < -0.3 is 4.90 Å². The van der Waals surface area contributed by atoms with Crippen molar-refractivity contribution in [3.8, 4) is 0 Å². The number of aromatic nitrogens is 2. The van der Waals surface area contributed by atoms with Crippen molar-refractivity contribution in [1.82, 2.24) is 9.97 Å². The summed E-state index contributed by atoms with van der Waals surface area (Å²) in [5.74, 6) is 0.337. The summed E-state index contributed by atoms with van der Waals surface area (Å²) in [4.78, 5) is 8.52. The molecule has 6 nitrogen and oxygen atoms in total. The van der Waals surface area contributed by atoms with E-state index >= 15 is 0 Å². The minimum Gasteiger partial charge on any atom is -0.347 e. The number of nitrogens with zero attached hydrogens (tertiary/aromatic N) is 3. The molecule has 23 heavy (non-hydrogen) atoms. The van der Waals surface area contributed by atoms with E-state index in [0.29, 0.717) is 12.0 Å². The summed E-state index contributed by atoms with van der Waals surface area (Å²) in [5.41, 5.74) is -1.27.